The highest BCUT2D eigenvalue weighted by atomic mass is 16.6. The molecule has 0 bridgehead atoms. The number of nitrogens with two attached hydrogens (primary N) is 1. The molecule has 0 saturated heterocycles. The second kappa shape index (κ2) is 9.35. The first-order valence-corrected chi connectivity index (χ1v) is 10.3. The topological polar surface area (TPSA) is 125 Å². The number of benzene rings is 3. The summed E-state index contributed by atoms with van der Waals surface area (Å²) in [6, 6.07) is 20.0. The van der Waals surface area contributed by atoms with Gasteiger partial charge in [0.2, 0.25) is 5.91 Å². The van der Waals surface area contributed by atoms with Gasteiger partial charge in [-0.25, -0.2) is 4.79 Å². The number of hydrogen-bond acceptors (Lipinski definition) is 5. The standard InChI is InChI=1S/C25H21N3O5/c26-24(29)17-12-16(13-18(14-17)28(31)32)6-5-11-27-25(30)33-15-23-21-9-3-1-7-19(21)20-8-2-4-10-22(20)23/h1-10,12-14,23H,11,15H2,(H2,26,29)(H,27,30). The Labute approximate surface area is 189 Å². The van der Waals surface area contributed by atoms with Crippen molar-refractivity contribution < 1.29 is 19.2 Å². The number of rotatable bonds is 7. The predicted octanol–water partition coefficient (Wildman–Crippen LogP) is 4.25. The molecule has 3 aromatic carbocycles. The third-order valence-electron chi connectivity index (χ3n) is 5.45. The SMILES string of the molecule is NC(=O)c1cc(C=CCNC(=O)OCC2c3ccccc3-c3ccccc32)cc([N+](=O)[O-])c1. The molecule has 0 atom stereocenters. The monoisotopic (exact) mass is 443 g/mol. The fourth-order valence-corrected chi connectivity index (χ4v) is 3.97. The largest absolute Gasteiger partial charge is 0.449 e. The van der Waals surface area contributed by atoms with E-state index < -0.39 is 16.9 Å². The summed E-state index contributed by atoms with van der Waals surface area (Å²) < 4.78 is 5.46. The van der Waals surface area contributed by atoms with Gasteiger partial charge in [0.1, 0.15) is 6.61 Å². The number of amides is 2. The Morgan fingerprint density at radius 3 is 2.27 bits per heavy atom. The Morgan fingerprint density at radius 2 is 1.67 bits per heavy atom. The number of carbonyl (C=O) groups is 2. The highest BCUT2D eigenvalue weighted by molar-refractivity contribution is 5.94. The minimum atomic E-state index is -0.759. The highest BCUT2D eigenvalue weighted by Crippen LogP contribution is 2.44. The van der Waals surface area contributed by atoms with E-state index in [-0.39, 0.29) is 30.3 Å². The number of fused-ring (bicyclic) bond motifs is 3. The van der Waals surface area contributed by atoms with Gasteiger partial charge in [0.15, 0.2) is 0 Å². The van der Waals surface area contributed by atoms with Crippen molar-refractivity contribution in [3.63, 3.8) is 0 Å². The minimum Gasteiger partial charge on any atom is -0.449 e. The zero-order valence-corrected chi connectivity index (χ0v) is 17.6. The first-order valence-electron chi connectivity index (χ1n) is 10.3. The van der Waals surface area contributed by atoms with E-state index >= 15 is 0 Å². The highest BCUT2D eigenvalue weighted by Gasteiger charge is 2.28. The van der Waals surface area contributed by atoms with E-state index in [2.05, 4.69) is 17.4 Å². The summed E-state index contributed by atoms with van der Waals surface area (Å²) in [5.74, 6) is -0.791. The average molecular weight is 443 g/mol. The van der Waals surface area contributed by atoms with Crippen LogP contribution in [0.25, 0.3) is 17.2 Å². The van der Waals surface area contributed by atoms with Crippen LogP contribution in [0.4, 0.5) is 10.5 Å². The van der Waals surface area contributed by atoms with Gasteiger partial charge in [-0.2, -0.15) is 0 Å². The fourth-order valence-electron chi connectivity index (χ4n) is 3.97. The number of non-ortho nitro benzene ring substituents is 1. The molecule has 0 heterocycles. The average Bonchev–Trinajstić information content (AvgIpc) is 3.14. The lowest BCUT2D eigenvalue weighted by molar-refractivity contribution is -0.384. The number of hydrogen-bond donors (Lipinski definition) is 2. The number of alkyl carbamates (subject to hydrolysis) is 1. The molecule has 1 aliphatic carbocycles. The summed E-state index contributed by atoms with van der Waals surface area (Å²) in [5.41, 5.74) is 10.0. The van der Waals surface area contributed by atoms with Crippen molar-refractivity contribution in [3.05, 3.63) is 105 Å². The molecule has 4 rings (SSSR count). The van der Waals surface area contributed by atoms with Gasteiger partial charge in [-0.1, -0.05) is 60.7 Å². The lowest BCUT2D eigenvalue weighted by Crippen LogP contribution is -2.26. The van der Waals surface area contributed by atoms with Crippen molar-refractivity contribution in [2.24, 2.45) is 5.73 Å². The molecule has 2 amide bonds. The van der Waals surface area contributed by atoms with E-state index in [4.69, 9.17) is 10.5 Å². The third kappa shape index (κ3) is 4.74. The first kappa shape index (κ1) is 21.8. The van der Waals surface area contributed by atoms with E-state index in [1.54, 1.807) is 12.2 Å². The van der Waals surface area contributed by atoms with Crippen LogP contribution in [0.5, 0.6) is 0 Å². The van der Waals surface area contributed by atoms with Gasteiger partial charge in [0, 0.05) is 30.2 Å². The zero-order valence-electron chi connectivity index (χ0n) is 17.6. The zero-order chi connectivity index (χ0) is 23.4. The van der Waals surface area contributed by atoms with Crippen LogP contribution in [-0.4, -0.2) is 30.1 Å². The number of ether oxygens (including phenoxy) is 1. The maximum absolute atomic E-state index is 12.2. The minimum absolute atomic E-state index is 0.0317. The Balaban J connectivity index is 1.35. The predicted molar refractivity (Wildman–Crippen MR) is 124 cm³/mol. The van der Waals surface area contributed by atoms with Gasteiger partial charge in [0.25, 0.3) is 5.69 Å². The lowest BCUT2D eigenvalue weighted by Gasteiger charge is -2.14. The number of carbonyl (C=O) groups excluding carboxylic acids is 2. The number of nitrogens with zero attached hydrogens (tertiary/aromatic N) is 1. The van der Waals surface area contributed by atoms with E-state index in [1.807, 2.05) is 36.4 Å². The van der Waals surface area contributed by atoms with E-state index in [0.29, 0.717) is 5.56 Å². The number of primary amides is 1. The van der Waals surface area contributed by atoms with Crippen LogP contribution in [0.1, 0.15) is 33.0 Å². The van der Waals surface area contributed by atoms with Crippen LogP contribution < -0.4 is 11.1 Å². The van der Waals surface area contributed by atoms with E-state index in [1.165, 1.54) is 12.1 Å². The molecule has 8 heteroatoms. The molecule has 166 valence electrons. The maximum atomic E-state index is 12.2. The van der Waals surface area contributed by atoms with Gasteiger partial charge < -0.3 is 15.8 Å². The molecule has 0 saturated carbocycles. The second-order valence-electron chi connectivity index (χ2n) is 7.54. The van der Waals surface area contributed by atoms with Gasteiger partial charge in [-0.3, -0.25) is 14.9 Å². The van der Waals surface area contributed by atoms with Crippen LogP contribution in [-0.2, 0) is 4.74 Å². The summed E-state index contributed by atoms with van der Waals surface area (Å²) in [5, 5.41) is 13.7. The van der Waals surface area contributed by atoms with E-state index in [9.17, 15) is 19.7 Å². The van der Waals surface area contributed by atoms with Crippen LogP contribution in [0.2, 0.25) is 0 Å². The van der Waals surface area contributed by atoms with Gasteiger partial charge in [-0.05, 0) is 33.9 Å². The number of nitrogens with one attached hydrogen (secondary N) is 1. The van der Waals surface area contributed by atoms with Crippen molar-refractivity contribution in [2.45, 2.75) is 5.92 Å². The Bertz CT molecular complexity index is 1190. The van der Waals surface area contributed by atoms with Crippen molar-refractivity contribution in [1.29, 1.82) is 0 Å². The Morgan fingerprint density at radius 1 is 1.03 bits per heavy atom. The van der Waals surface area contributed by atoms with Crippen LogP contribution in [0, 0.1) is 10.1 Å². The molecule has 0 fully saturated rings. The molecule has 33 heavy (non-hydrogen) atoms. The first-order chi connectivity index (χ1) is 15.9. The molecule has 1 aliphatic rings. The molecule has 0 aliphatic heterocycles. The molecule has 0 spiro atoms. The molecule has 0 unspecified atom stereocenters. The lowest BCUT2D eigenvalue weighted by atomic mass is 9.98. The van der Waals surface area contributed by atoms with Crippen LogP contribution in [0.3, 0.4) is 0 Å². The Hall–Kier alpha value is -4.46. The number of nitro benzene ring substituents is 1. The molecular formula is C25H21N3O5. The van der Waals surface area contributed by atoms with Crippen LogP contribution >= 0.6 is 0 Å². The molecule has 0 radical (unpaired) electrons. The van der Waals surface area contributed by atoms with Crippen molar-refractivity contribution in [2.75, 3.05) is 13.2 Å². The second-order valence-corrected chi connectivity index (χ2v) is 7.54. The van der Waals surface area contributed by atoms with Gasteiger partial charge in [-0.15, -0.1) is 0 Å². The number of nitro groups is 1. The summed E-state index contributed by atoms with van der Waals surface area (Å²) in [6.07, 6.45) is 2.59. The normalized spacial score (nSPS) is 12.2. The van der Waals surface area contributed by atoms with Crippen LogP contribution in [0.15, 0.2) is 72.8 Å². The molecule has 3 aromatic rings. The van der Waals surface area contributed by atoms with Gasteiger partial charge >= 0.3 is 6.09 Å². The molecule has 8 nitrogen and oxygen atoms in total. The van der Waals surface area contributed by atoms with E-state index in [0.717, 1.165) is 28.3 Å². The van der Waals surface area contributed by atoms with Crippen molar-refractivity contribution >= 4 is 23.8 Å². The van der Waals surface area contributed by atoms with Gasteiger partial charge in [0.05, 0.1) is 4.92 Å². The summed E-state index contributed by atoms with van der Waals surface area (Å²) in [4.78, 5) is 34.0. The summed E-state index contributed by atoms with van der Waals surface area (Å²) >= 11 is 0. The molecular weight excluding hydrogens is 422 g/mol. The molecule has 3 N–H and O–H groups in total. The molecule has 0 aromatic heterocycles. The quantitative estimate of drug-likeness (QED) is 0.417. The third-order valence-corrected chi connectivity index (χ3v) is 5.45. The summed E-state index contributed by atoms with van der Waals surface area (Å²) in [6.45, 7) is 0.349. The fraction of sp³-hybridized carbons (Fsp3) is 0.120. The van der Waals surface area contributed by atoms with Crippen molar-refractivity contribution in [3.8, 4) is 11.1 Å². The Kier molecular flexibility index (Phi) is 6.17. The van der Waals surface area contributed by atoms with Crippen molar-refractivity contribution in [1.82, 2.24) is 5.32 Å². The smallest absolute Gasteiger partial charge is 0.407 e. The summed E-state index contributed by atoms with van der Waals surface area (Å²) in [7, 11) is 0. The maximum Gasteiger partial charge on any atom is 0.407 e.